The van der Waals surface area contributed by atoms with Crippen LogP contribution in [0.4, 0.5) is 15.9 Å². The van der Waals surface area contributed by atoms with E-state index < -0.39 is 0 Å². The summed E-state index contributed by atoms with van der Waals surface area (Å²) < 4.78 is 19.2. The van der Waals surface area contributed by atoms with Crippen molar-refractivity contribution in [1.29, 1.82) is 0 Å². The largest absolute Gasteiger partial charge is 0.489 e. The molecule has 0 saturated carbocycles. The number of nitrogens with one attached hydrogen (secondary N) is 2. The molecule has 0 fully saturated rings. The Labute approximate surface area is 143 Å². The summed E-state index contributed by atoms with van der Waals surface area (Å²) in [6.07, 6.45) is 1.41. The Morgan fingerprint density at radius 1 is 1.29 bits per heavy atom. The van der Waals surface area contributed by atoms with Crippen LogP contribution in [-0.4, -0.2) is 28.1 Å². The highest BCUT2D eigenvalue weighted by Crippen LogP contribution is 2.32. The van der Waals surface area contributed by atoms with Gasteiger partial charge in [0.25, 0.3) is 0 Å². The molecular weight excluding hydrogens is 329 g/mol. The summed E-state index contributed by atoms with van der Waals surface area (Å²) in [5, 5.41) is 7.18. The molecule has 3 aromatic rings. The van der Waals surface area contributed by atoms with Crippen molar-refractivity contribution in [3.8, 4) is 5.75 Å². The fourth-order valence-corrected chi connectivity index (χ4v) is 3.11. The zero-order valence-electron chi connectivity index (χ0n) is 13.6. The predicted molar refractivity (Wildman–Crippen MR) is 93.4 cm³/mol. The molecular formula is C16H18FN5OS. The van der Waals surface area contributed by atoms with E-state index in [4.69, 9.17) is 4.74 Å². The SMILES string of the molecule is CNCc1nc2c(Nc3ccc(F)cc3OC(C)C)ncnc2s1. The molecule has 126 valence electrons. The number of benzene rings is 1. The van der Waals surface area contributed by atoms with Crippen molar-refractivity contribution in [3.63, 3.8) is 0 Å². The monoisotopic (exact) mass is 347 g/mol. The molecule has 0 radical (unpaired) electrons. The van der Waals surface area contributed by atoms with Crippen molar-refractivity contribution in [1.82, 2.24) is 20.3 Å². The number of fused-ring (bicyclic) bond motifs is 1. The van der Waals surface area contributed by atoms with Crippen LogP contribution < -0.4 is 15.4 Å². The molecule has 0 aliphatic carbocycles. The number of anilines is 2. The van der Waals surface area contributed by atoms with Crippen molar-refractivity contribution in [2.45, 2.75) is 26.5 Å². The number of rotatable bonds is 6. The van der Waals surface area contributed by atoms with Crippen molar-refractivity contribution in [2.75, 3.05) is 12.4 Å². The first-order valence-electron chi connectivity index (χ1n) is 7.55. The molecule has 0 aliphatic rings. The molecule has 24 heavy (non-hydrogen) atoms. The van der Waals surface area contributed by atoms with Crippen LogP contribution in [0.3, 0.4) is 0 Å². The Kier molecular flexibility index (Phi) is 4.86. The van der Waals surface area contributed by atoms with Gasteiger partial charge in [0.1, 0.15) is 33.2 Å². The third kappa shape index (κ3) is 3.60. The van der Waals surface area contributed by atoms with Crippen LogP contribution in [0.5, 0.6) is 5.75 Å². The van der Waals surface area contributed by atoms with E-state index in [9.17, 15) is 4.39 Å². The van der Waals surface area contributed by atoms with E-state index in [0.717, 1.165) is 9.84 Å². The molecule has 2 N–H and O–H groups in total. The lowest BCUT2D eigenvalue weighted by molar-refractivity contribution is 0.243. The van der Waals surface area contributed by atoms with Crippen LogP contribution in [0.25, 0.3) is 10.3 Å². The van der Waals surface area contributed by atoms with Crippen molar-refractivity contribution < 1.29 is 9.13 Å². The minimum Gasteiger partial charge on any atom is -0.489 e. The zero-order valence-corrected chi connectivity index (χ0v) is 14.4. The average Bonchev–Trinajstić information content (AvgIpc) is 2.93. The minimum atomic E-state index is -0.353. The minimum absolute atomic E-state index is 0.0701. The molecule has 8 heteroatoms. The molecule has 0 aliphatic heterocycles. The number of hydrogen-bond acceptors (Lipinski definition) is 7. The molecule has 0 unspecified atom stereocenters. The van der Waals surface area contributed by atoms with E-state index in [-0.39, 0.29) is 11.9 Å². The number of ether oxygens (including phenoxy) is 1. The lowest BCUT2D eigenvalue weighted by Gasteiger charge is -2.15. The Morgan fingerprint density at radius 2 is 2.12 bits per heavy atom. The van der Waals surface area contributed by atoms with Gasteiger partial charge in [-0.05, 0) is 33.0 Å². The maximum atomic E-state index is 13.5. The maximum Gasteiger partial charge on any atom is 0.161 e. The average molecular weight is 347 g/mol. The summed E-state index contributed by atoms with van der Waals surface area (Å²) in [5.74, 6) is 0.648. The van der Waals surface area contributed by atoms with Gasteiger partial charge in [0.15, 0.2) is 5.82 Å². The predicted octanol–water partition coefficient (Wildman–Crippen LogP) is 3.48. The fourth-order valence-electron chi connectivity index (χ4n) is 2.19. The molecule has 0 spiro atoms. The van der Waals surface area contributed by atoms with Crippen molar-refractivity contribution in [2.24, 2.45) is 0 Å². The van der Waals surface area contributed by atoms with Gasteiger partial charge < -0.3 is 15.4 Å². The molecule has 0 atom stereocenters. The zero-order chi connectivity index (χ0) is 17.1. The Balaban J connectivity index is 1.98. The number of aromatic nitrogens is 3. The maximum absolute atomic E-state index is 13.5. The summed E-state index contributed by atoms with van der Waals surface area (Å²) in [4.78, 5) is 13.9. The van der Waals surface area contributed by atoms with Crippen LogP contribution in [-0.2, 0) is 6.54 Å². The van der Waals surface area contributed by atoms with E-state index in [0.29, 0.717) is 29.3 Å². The van der Waals surface area contributed by atoms with E-state index in [2.05, 4.69) is 25.6 Å². The standard InChI is InChI=1S/C16H18FN5OS/c1-9(2)23-12-6-10(17)4-5-11(12)21-15-14-16(20-8-19-15)24-13(22-14)7-18-3/h4-6,8-9,18H,7H2,1-3H3,(H,19,20,21). The highest BCUT2D eigenvalue weighted by atomic mass is 32.1. The van der Waals surface area contributed by atoms with Gasteiger partial charge >= 0.3 is 0 Å². The first-order valence-corrected chi connectivity index (χ1v) is 8.36. The van der Waals surface area contributed by atoms with E-state index in [1.54, 1.807) is 6.07 Å². The summed E-state index contributed by atoms with van der Waals surface area (Å²) in [5.41, 5.74) is 1.32. The summed E-state index contributed by atoms with van der Waals surface area (Å²) in [6.45, 7) is 4.45. The normalized spacial score (nSPS) is 11.2. The van der Waals surface area contributed by atoms with Gasteiger partial charge in [-0.3, -0.25) is 0 Å². The van der Waals surface area contributed by atoms with Crippen LogP contribution in [0.2, 0.25) is 0 Å². The molecule has 0 bridgehead atoms. The van der Waals surface area contributed by atoms with Crippen LogP contribution in [0, 0.1) is 5.82 Å². The van der Waals surface area contributed by atoms with Gasteiger partial charge in [0.2, 0.25) is 0 Å². The highest BCUT2D eigenvalue weighted by Gasteiger charge is 2.13. The molecule has 0 saturated heterocycles. The van der Waals surface area contributed by atoms with Gasteiger partial charge in [0, 0.05) is 12.6 Å². The van der Waals surface area contributed by atoms with Gasteiger partial charge in [0.05, 0.1) is 11.8 Å². The second-order valence-corrected chi connectivity index (χ2v) is 6.51. The van der Waals surface area contributed by atoms with Crippen LogP contribution in [0.15, 0.2) is 24.5 Å². The van der Waals surface area contributed by atoms with Crippen molar-refractivity contribution >= 4 is 33.2 Å². The Hall–Kier alpha value is -2.32. The number of thiazole rings is 1. The molecule has 3 rings (SSSR count). The van der Waals surface area contributed by atoms with E-state index in [1.807, 2.05) is 20.9 Å². The second-order valence-electron chi connectivity index (χ2n) is 5.45. The first kappa shape index (κ1) is 16.5. The highest BCUT2D eigenvalue weighted by molar-refractivity contribution is 7.18. The summed E-state index contributed by atoms with van der Waals surface area (Å²) >= 11 is 1.51. The molecule has 1 aromatic carbocycles. The Morgan fingerprint density at radius 3 is 2.88 bits per heavy atom. The van der Waals surface area contributed by atoms with Gasteiger partial charge in [-0.25, -0.2) is 19.3 Å². The molecule has 2 heterocycles. The van der Waals surface area contributed by atoms with Gasteiger partial charge in [-0.15, -0.1) is 0 Å². The quantitative estimate of drug-likeness (QED) is 0.711. The topological polar surface area (TPSA) is 72.0 Å². The smallest absolute Gasteiger partial charge is 0.161 e. The van der Waals surface area contributed by atoms with Crippen LogP contribution in [0.1, 0.15) is 18.9 Å². The number of nitrogens with zero attached hydrogens (tertiary/aromatic N) is 3. The number of hydrogen-bond donors (Lipinski definition) is 2. The summed E-state index contributed by atoms with van der Waals surface area (Å²) in [6, 6.07) is 4.36. The first-order chi connectivity index (χ1) is 11.6. The molecule has 2 aromatic heterocycles. The third-order valence-corrected chi connectivity index (χ3v) is 4.09. The van der Waals surface area contributed by atoms with Crippen molar-refractivity contribution in [3.05, 3.63) is 35.4 Å². The summed E-state index contributed by atoms with van der Waals surface area (Å²) in [7, 11) is 1.87. The van der Waals surface area contributed by atoms with E-state index >= 15 is 0 Å². The lowest BCUT2D eigenvalue weighted by atomic mass is 10.2. The fraction of sp³-hybridized carbons (Fsp3) is 0.312. The van der Waals surface area contributed by atoms with Gasteiger partial charge in [-0.2, -0.15) is 0 Å². The van der Waals surface area contributed by atoms with Gasteiger partial charge in [-0.1, -0.05) is 11.3 Å². The molecule has 6 nitrogen and oxygen atoms in total. The van der Waals surface area contributed by atoms with E-state index in [1.165, 1.54) is 29.8 Å². The Bertz CT molecular complexity index is 852. The number of halogens is 1. The second kappa shape index (κ2) is 7.06. The lowest BCUT2D eigenvalue weighted by Crippen LogP contribution is -2.08. The molecule has 0 amide bonds. The third-order valence-electron chi connectivity index (χ3n) is 3.13. The van der Waals surface area contributed by atoms with Crippen LogP contribution >= 0.6 is 11.3 Å².